The van der Waals surface area contributed by atoms with Crippen molar-refractivity contribution in [2.75, 3.05) is 13.2 Å². The van der Waals surface area contributed by atoms with Gasteiger partial charge in [-0.2, -0.15) is 0 Å². The molecule has 10 heavy (non-hydrogen) atoms. The molecule has 0 aliphatic heterocycles. The maximum Gasteiger partial charge on any atom is 0.367 e. The Morgan fingerprint density at radius 3 is 2.90 bits per heavy atom. The zero-order valence-corrected chi connectivity index (χ0v) is 7.37. The number of carbonyl (C=O) groups excluding carboxylic acids is 1. The van der Waals surface area contributed by atoms with Gasteiger partial charge in [0.25, 0.3) is 0 Å². The van der Waals surface area contributed by atoms with Gasteiger partial charge in [-0.15, -0.1) is 0 Å². The Hall–Kier alpha value is 0.0800. The van der Waals surface area contributed by atoms with Crippen LogP contribution in [0.3, 0.4) is 0 Å². The summed E-state index contributed by atoms with van der Waals surface area (Å²) < 4.78 is 4.02. The van der Waals surface area contributed by atoms with Gasteiger partial charge < -0.3 is 9.84 Å². The van der Waals surface area contributed by atoms with E-state index in [1.165, 1.54) is 22.6 Å². The highest BCUT2D eigenvalue weighted by molar-refractivity contribution is 14.1. The van der Waals surface area contributed by atoms with Crippen LogP contribution in [0.2, 0.25) is 0 Å². The number of nitrogens with one attached hydrogen (secondary N) is 1. The van der Waals surface area contributed by atoms with Crippen molar-refractivity contribution >= 4 is 26.6 Å². The van der Waals surface area contributed by atoms with E-state index in [2.05, 4.69) is 10.2 Å². The molecule has 0 aromatic carbocycles. The molecule has 0 saturated carbocycles. The van der Waals surface area contributed by atoms with Crippen molar-refractivity contribution in [3.63, 3.8) is 0 Å². The summed E-state index contributed by atoms with van der Waals surface area (Å²) in [6.07, 6.45) is -0.733. The molecule has 0 fully saturated rings. The number of aliphatic hydroxyl groups is 1. The summed E-state index contributed by atoms with van der Waals surface area (Å²) in [7, 11) is 0. The summed E-state index contributed by atoms with van der Waals surface area (Å²) in [5.74, 6) is 4.88. The van der Waals surface area contributed by atoms with Crippen LogP contribution in [0.5, 0.6) is 0 Å². The van der Waals surface area contributed by atoms with Crippen molar-refractivity contribution in [3.8, 4) is 0 Å². The largest absolute Gasteiger partial charge is 0.455 e. The summed E-state index contributed by atoms with van der Waals surface area (Å²) >= 11 is 1.48. The second-order valence-electron chi connectivity index (χ2n) is 1.61. The Morgan fingerprint density at radius 1 is 1.90 bits per heavy atom. The number of hydrazine groups is 1. The third-order valence-electron chi connectivity index (χ3n) is 0.743. The molecule has 0 rings (SSSR count). The maximum atomic E-state index is 10.2. The first-order valence-electron chi connectivity index (χ1n) is 2.60. The van der Waals surface area contributed by atoms with Crippen LogP contribution >= 0.6 is 22.6 Å². The third-order valence-corrected chi connectivity index (χ3v) is 1.05. The number of hydrogen-bond donors (Lipinski definition) is 3. The van der Waals surface area contributed by atoms with E-state index in [0.717, 1.165) is 0 Å². The Kier molecular flexibility index (Phi) is 5.88. The van der Waals surface area contributed by atoms with E-state index >= 15 is 0 Å². The van der Waals surface area contributed by atoms with Crippen LogP contribution in [0, 0.1) is 0 Å². The number of nitrogens with two attached hydrogens (primary N) is 1. The summed E-state index contributed by atoms with van der Waals surface area (Å²) in [6, 6.07) is 0. The highest BCUT2D eigenvalue weighted by Crippen LogP contribution is 1.92. The molecule has 0 aliphatic carbocycles. The van der Waals surface area contributed by atoms with Crippen LogP contribution in [0.15, 0.2) is 0 Å². The molecule has 0 bridgehead atoms. The zero-order chi connectivity index (χ0) is 7.98. The van der Waals surface area contributed by atoms with Gasteiger partial charge in [0.2, 0.25) is 0 Å². The molecule has 0 spiro atoms. The summed E-state index contributed by atoms with van der Waals surface area (Å²) in [5, 5.41) is 8.88. The Morgan fingerprint density at radius 2 is 2.50 bits per heavy atom. The van der Waals surface area contributed by atoms with Crippen LogP contribution in [0.1, 0.15) is 0 Å². The first-order chi connectivity index (χ1) is 4.66. The van der Waals surface area contributed by atoms with Crippen molar-refractivity contribution < 1.29 is 14.6 Å². The quantitative estimate of drug-likeness (QED) is 0.271. The standard InChI is InChI=1S/C4H9IN2O3/c5-4(9)10-2-3(8)1-7-6/h3,7-8H,1-2,6H2. The molecule has 1 atom stereocenters. The summed E-state index contributed by atoms with van der Waals surface area (Å²) in [6.45, 7) is 0.190. The Bertz CT molecular complexity index is 111. The van der Waals surface area contributed by atoms with Crippen molar-refractivity contribution in [2.24, 2.45) is 5.84 Å². The molecule has 60 valence electrons. The van der Waals surface area contributed by atoms with Crippen LogP contribution in [0.4, 0.5) is 4.79 Å². The average molecular weight is 260 g/mol. The molecule has 0 saturated heterocycles. The molecule has 0 radical (unpaired) electrons. The second-order valence-corrected chi connectivity index (χ2v) is 2.49. The van der Waals surface area contributed by atoms with Crippen molar-refractivity contribution in [2.45, 2.75) is 6.10 Å². The van der Waals surface area contributed by atoms with E-state index in [0.29, 0.717) is 0 Å². The second kappa shape index (κ2) is 5.83. The number of rotatable bonds is 4. The predicted molar refractivity (Wildman–Crippen MR) is 43.6 cm³/mol. The molecule has 0 aliphatic rings. The number of aliphatic hydroxyl groups excluding tert-OH is 1. The minimum absolute atomic E-state index is 0.0219. The molecule has 5 nitrogen and oxygen atoms in total. The predicted octanol–water partition coefficient (Wildman–Crippen LogP) is -0.618. The molecule has 6 heteroatoms. The van der Waals surface area contributed by atoms with Gasteiger partial charge >= 0.3 is 3.98 Å². The number of ether oxygens (including phenoxy) is 1. The molecule has 4 N–H and O–H groups in total. The van der Waals surface area contributed by atoms with Crippen molar-refractivity contribution in [3.05, 3.63) is 0 Å². The van der Waals surface area contributed by atoms with Gasteiger partial charge in [0.1, 0.15) is 12.7 Å². The third kappa shape index (κ3) is 6.20. The lowest BCUT2D eigenvalue weighted by atomic mass is 10.4. The van der Waals surface area contributed by atoms with Crippen LogP contribution < -0.4 is 11.3 Å². The number of hydrogen-bond acceptors (Lipinski definition) is 5. The lowest BCUT2D eigenvalue weighted by Crippen LogP contribution is -2.34. The monoisotopic (exact) mass is 260 g/mol. The van der Waals surface area contributed by atoms with Gasteiger partial charge in [0, 0.05) is 6.54 Å². The molecule has 0 aromatic rings. The van der Waals surface area contributed by atoms with E-state index in [-0.39, 0.29) is 13.2 Å². The topological polar surface area (TPSA) is 84.6 Å². The fourth-order valence-corrected chi connectivity index (χ4v) is 0.536. The minimum atomic E-state index is -0.733. The van der Waals surface area contributed by atoms with E-state index in [9.17, 15) is 4.79 Å². The van der Waals surface area contributed by atoms with E-state index < -0.39 is 10.1 Å². The SMILES string of the molecule is NNCC(O)COC(=O)I. The Balaban J connectivity index is 3.21. The molecule has 0 heterocycles. The first kappa shape index (κ1) is 10.1. The minimum Gasteiger partial charge on any atom is -0.455 e. The molecule has 1 unspecified atom stereocenters. The molecular weight excluding hydrogens is 251 g/mol. The fraction of sp³-hybridized carbons (Fsp3) is 0.750. The highest BCUT2D eigenvalue weighted by Gasteiger charge is 2.04. The van der Waals surface area contributed by atoms with E-state index in [4.69, 9.17) is 10.9 Å². The van der Waals surface area contributed by atoms with Gasteiger partial charge in [0.15, 0.2) is 0 Å². The summed E-state index contributed by atoms with van der Waals surface area (Å²) in [5.41, 5.74) is 2.25. The van der Waals surface area contributed by atoms with Gasteiger partial charge in [-0.1, -0.05) is 0 Å². The van der Waals surface area contributed by atoms with Crippen LogP contribution in [-0.4, -0.2) is 28.3 Å². The van der Waals surface area contributed by atoms with Gasteiger partial charge in [-0.25, -0.2) is 4.79 Å². The number of carbonyl (C=O) groups is 1. The molecule has 0 aromatic heterocycles. The lowest BCUT2D eigenvalue weighted by Gasteiger charge is -2.07. The van der Waals surface area contributed by atoms with Crippen LogP contribution in [0.25, 0.3) is 0 Å². The highest BCUT2D eigenvalue weighted by atomic mass is 127. The van der Waals surface area contributed by atoms with E-state index in [1.807, 2.05) is 0 Å². The smallest absolute Gasteiger partial charge is 0.367 e. The van der Waals surface area contributed by atoms with Crippen molar-refractivity contribution in [1.29, 1.82) is 0 Å². The average Bonchev–Trinajstić information content (AvgIpc) is 1.85. The van der Waals surface area contributed by atoms with Gasteiger partial charge in [-0.3, -0.25) is 11.3 Å². The van der Waals surface area contributed by atoms with Gasteiger partial charge in [-0.05, 0) is 0 Å². The van der Waals surface area contributed by atoms with Crippen molar-refractivity contribution in [1.82, 2.24) is 5.43 Å². The lowest BCUT2D eigenvalue weighted by molar-refractivity contribution is 0.0826. The van der Waals surface area contributed by atoms with E-state index in [1.54, 1.807) is 0 Å². The first-order valence-corrected chi connectivity index (χ1v) is 3.68. The number of halogens is 1. The Labute approximate surface area is 72.0 Å². The summed E-state index contributed by atoms with van der Waals surface area (Å²) in [4.78, 5) is 10.2. The fourth-order valence-electron chi connectivity index (χ4n) is 0.357. The molecule has 0 amide bonds. The van der Waals surface area contributed by atoms with Gasteiger partial charge in [0.05, 0.1) is 22.6 Å². The zero-order valence-electron chi connectivity index (χ0n) is 5.21. The van der Waals surface area contributed by atoms with Crippen LogP contribution in [-0.2, 0) is 4.74 Å². The molecular formula is C4H9IN2O3. The normalized spacial score (nSPS) is 12.7. The maximum absolute atomic E-state index is 10.2.